The maximum absolute atomic E-state index is 13.0. The summed E-state index contributed by atoms with van der Waals surface area (Å²) in [6.07, 6.45) is -5.27. The Bertz CT molecular complexity index is 535. The molecule has 3 nitrogen and oxygen atoms in total. The van der Waals surface area contributed by atoms with Crippen LogP contribution in [0.5, 0.6) is 0 Å². The van der Waals surface area contributed by atoms with Crippen LogP contribution in [0.1, 0.15) is 23.6 Å². The van der Waals surface area contributed by atoms with Crippen molar-refractivity contribution in [3.8, 4) is 6.07 Å². The highest BCUT2D eigenvalue weighted by Gasteiger charge is 2.37. The van der Waals surface area contributed by atoms with Gasteiger partial charge in [-0.1, -0.05) is 6.07 Å². The van der Waals surface area contributed by atoms with E-state index in [-0.39, 0.29) is 17.1 Å². The highest BCUT2D eigenvalue weighted by molar-refractivity contribution is 7.80. The smallest absolute Gasteiger partial charge is 0.418 e. The van der Waals surface area contributed by atoms with Crippen LogP contribution in [0, 0.1) is 11.3 Å². The molecule has 1 rings (SSSR count). The van der Waals surface area contributed by atoms with Gasteiger partial charge in [0.1, 0.15) is 6.07 Å². The van der Waals surface area contributed by atoms with Gasteiger partial charge >= 0.3 is 12.1 Å². The van der Waals surface area contributed by atoms with Crippen LogP contribution < -0.4 is 0 Å². The lowest BCUT2D eigenvalue weighted by Crippen LogP contribution is -2.16. The number of halogens is 3. The van der Waals surface area contributed by atoms with Crippen molar-refractivity contribution in [2.75, 3.05) is 6.61 Å². The van der Waals surface area contributed by atoms with Crippen molar-refractivity contribution < 1.29 is 22.7 Å². The summed E-state index contributed by atoms with van der Waals surface area (Å²) >= 11 is 3.82. The van der Waals surface area contributed by atoms with E-state index in [1.54, 1.807) is 6.92 Å². The van der Waals surface area contributed by atoms with Crippen LogP contribution in [0.2, 0.25) is 0 Å². The molecule has 102 valence electrons. The lowest BCUT2D eigenvalue weighted by Gasteiger charge is -2.15. The molecule has 0 fully saturated rings. The summed E-state index contributed by atoms with van der Waals surface area (Å²) < 4.78 is 43.5. The lowest BCUT2D eigenvalue weighted by atomic mass is 9.98. The third kappa shape index (κ3) is 3.64. The molecule has 0 atom stereocenters. The molecule has 0 N–H and O–H groups in total. The zero-order valence-corrected chi connectivity index (χ0v) is 10.8. The molecule has 0 unspecified atom stereocenters. The molecule has 0 aliphatic carbocycles. The topological polar surface area (TPSA) is 50.1 Å². The first kappa shape index (κ1) is 15.4. The van der Waals surface area contributed by atoms with Crippen LogP contribution in [-0.2, 0) is 22.1 Å². The Kier molecular flexibility index (Phi) is 4.84. The van der Waals surface area contributed by atoms with Gasteiger partial charge in [-0.3, -0.25) is 4.79 Å². The first-order chi connectivity index (χ1) is 8.81. The summed E-state index contributed by atoms with van der Waals surface area (Å²) in [5.41, 5.74) is -2.01. The monoisotopic (exact) mass is 289 g/mol. The highest BCUT2D eigenvalue weighted by atomic mass is 32.1. The number of thiol groups is 1. The zero-order chi connectivity index (χ0) is 14.6. The number of nitrogens with zero attached hydrogens (tertiary/aromatic N) is 1. The Morgan fingerprint density at radius 3 is 2.58 bits per heavy atom. The molecule has 1 aromatic carbocycles. The van der Waals surface area contributed by atoms with E-state index in [1.807, 2.05) is 0 Å². The third-order valence-corrected chi connectivity index (χ3v) is 2.68. The number of alkyl halides is 3. The molecule has 1 aromatic rings. The number of hydrogen-bond donors (Lipinski definition) is 1. The fraction of sp³-hybridized carbons (Fsp3) is 0.333. The van der Waals surface area contributed by atoms with Crippen LogP contribution >= 0.6 is 12.6 Å². The summed E-state index contributed by atoms with van der Waals surface area (Å²) in [5.74, 6) is -0.774. The first-order valence-electron chi connectivity index (χ1n) is 5.29. The van der Waals surface area contributed by atoms with E-state index in [2.05, 4.69) is 17.4 Å². The number of carbonyl (C=O) groups excluding carboxylic acids is 1. The minimum Gasteiger partial charge on any atom is -0.466 e. The number of benzene rings is 1. The average Bonchev–Trinajstić information content (AvgIpc) is 2.29. The predicted molar refractivity (Wildman–Crippen MR) is 63.7 cm³/mol. The Balaban J connectivity index is 3.33. The van der Waals surface area contributed by atoms with Gasteiger partial charge in [0, 0.05) is 4.90 Å². The zero-order valence-electron chi connectivity index (χ0n) is 9.91. The number of ether oxygens (including phenoxy) is 1. The van der Waals surface area contributed by atoms with E-state index in [4.69, 9.17) is 5.26 Å². The minimum atomic E-state index is -4.73. The van der Waals surface area contributed by atoms with Gasteiger partial charge in [0.2, 0.25) is 0 Å². The Hall–Kier alpha value is -1.68. The van der Waals surface area contributed by atoms with Gasteiger partial charge in [0.25, 0.3) is 0 Å². The van der Waals surface area contributed by atoms with E-state index >= 15 is 0 Å². The lowest BCUT2D eigenvalue weighted by molar-refractivity contribution is -0.143. The summed E-state index contributed by atoms with van der Waals surface area (Å²) in [4.78, 5) is 11.2. The molecule has 7 heteroatoms. The summed E-state index contributed by atoms with van der Waals surface area (Å²) in [5, 5.41) is 8.81. The van der Waals surface area contributed by atoms with Crippen LogP contribution in [0.3, 0.4) is 0 Å². The van der Waals surface area contributed by atoms with Crippen LogP contribution in [-0.4, -0.2) is 12.6 Å². The number of esters is 1. The fourth-order valence-electron chi connectivity index (χ4n) is 1.59. The standard InChI is InChI=1S/C12H10F3NO2S/c1-2-18-10(17)5-7-3-4-9(19)8(6-16)11(7)12(13,14)15/h3-4,19H,2,5H2,1H3. The summed E-state index contributed by atoms with van der Waals surface area (Å²) in [6.45, 7) is 1.63. The second kappa shape index (κ2) is 5.97. The first-order valence-corrected chi connectivity index (χ1v) is 5.73. The molecule has 0 radical (unpaired) electrons. The van der Waals surface area contributed by atoms with Gasteiger partial charge in [0.05, 0.1) is 24.2 Å². The molecule has 0 saturated carbocycles. The van der Waals surface area contributed by atoms with Crippen molar-refractivity contribution >= 4 is 18.6 Å². The molecule has 0 spiro atoms. The molecular formula is C12H10F3NO2S. The Morgan fingerprint density at radius 1 is 1.47 bits per heavy atom. The fourth-order valence-corrected chi connectivity index (χ4v) is 1.82. The van der Waals surface area contributed by atoms with Gasteiger partial charge in [-0.2, -0.15) is 18.4 Å². The Labute approximate surface area is 113 Å². The van der Waals surface area contributed by atoms with Crippen LogP contribution in [0.25, 0.3) is 0 Å². The van der Waals surface area contributed by atoms with E-state index in [9.17, 15) is 18.0 Å². The van der Waals surface area contributed by atoms with Crippen molar-refractivity contribution in [1.82, 2.24) is 0 Å². The van der Waals surface area contributed by atoms with Gasteiger partial charge in [-0.25, -0.2) is 0 Å². The maximum Gasteiger partial charge on any atom is 0.418 e. The third-order valence-electron chi connectivity index (χ3n) is 2.31. The summed E-state index contributed by atoms with van der Waals surface area (Å²) in [7, 11) is 0. The van der Waals surface area contributed by atoms with Gasteiger partial charge in [-0.15, -0.1) is 12.6 Å². The molecule has 19 heavy (non-hydrogen) atoms. The molecule has 0 aliphatic heterocycles. The number of carbonyl (C=O) groups is 1. The maximum atomic E-state index is 13.0. The SMILES string of the molecule is CCOC(=O)Cc1ccc(S)c(C#N)c1C(F)(F)F. The normalized spacial score (nSPS) is 10.9. The molecule has 0 saturated heterocycles. The van der Waals surface area contributed by atoms with Gasteiger partial charge in [0.15, 0.2) is 0 Å². The predicted octanol–water partition coefficient (Wildman–Crippen LogP) is 2.97. The quantitative estimate of drug-likeness (QED) is 0.687. The highest BCUT2D eigenvalue weighted by Crippen LogP contribution is 2.37. The van der Waals surface area contributed by atoms with Gasteiger partial charge in [-0.05, 0) is 18.6 Å². The molecule has 0 amide bonds. The number of nitriles is 1. The minimum absolute atomic E-state index is 0.0793. The van der Waals surface area contributed by atoms with Gasteiger partial charge < -0.3 is 4.74 Å². The van der Waals surface area contributed by atoms with E-state index in [0.717, 1.165) is 6.07 Å². The van der Waals surface area contributed by atoms with Crippen molar-refractivity contribution in [2.24, 2.45) is 0 Å². The average molecular weight is 289 g/mol. The molecule has 0 aliphatic rings. The van der Waals surface area contributed by atoms with Crippen molar-refractivity contribution in [2.45, 2.75) is 24.4 Å². The molecule has 0 heterocycles. The Morgan fingerprint density at radius 2 is 2.11 bits per heavy atom. The van der Waals surface area contributed by atoms with E-state index in [1.165, 1.54) is 12.1 Å². The van der Waals surface area contributed by atoms with Crippen LogP contribution in [0.15, 0.2) is 17.0 Å². The summed E-state index contributed by atoms with van der Waals surface area (Å²) in [6, 6.07) is 3.85. The number of hydrogen-bond acceptors (Lipinski definition) is 4. The largest absolute Gasteiger partial charge is 0.466 e. The van der Waals surface area contributed by atoms with Crippen molar-refractivity contribution in [3.05, 3.63) is 28.8 Å². The molecule has 0 aromatic heterocycles. The molecule has 0 bridgehead atoms. The van der Waals surface area contributed by atoms with Crippen molar-refractivity contribution in [1.29, 1.82) is 5.26 Å². The van der Waals surface area contributed by atoms with Crippen molar-refractivity contribution in [3.63, 3.8) is 0 Å². The van der Waals surface area contributed by atoms with E-state index < -0.39 is 29.7 Å². The van der Waals surface area contributed by atoms with E-state index in [0.29, 0.717) is 0 Å². The van der Waals surface area contributed by atoms with Crippen LogP contribution in [0.4, 0.5) is 13.2 Å². The second-order valence-electron chi connectivity index (χ2n) is 3.59. The number of rotatable bonds is 3. The second-order valence-corrected chi connectivity index (χ2v) is 4.07. The molecular weight excluding hydrogens is 279 g/mol.